The lowest BCUT2D eigenvalue weighted by Crippen LogP contribution is -2.19. The van der Waals surface area contributed by atoms with Crippen molar-refractivity contribution in [3.8, 4) is 0 Å². The van der Waals surface area contributed by atoms with E-state index in [-0.39, 0.29) is 0 Å². The second-order valence-corrected chi connectivity index (χ2v) is 6.67. The van der Waals surface area contributed by atoms with Crippen molar-refractivity contribution in [3.63, 3.8) is 0 Å². The Morgan fingerprint density at radius 2 is 1.81 bits per heavy atom. The van der Waals surface area contributed by atoms with Crippen LogP contribution in [0.5, 0.6) is 0 Å². The average molecular weight is 353 g/mol. The van der Waals surface area contributed by atoms with Crippen molar-refractivity contribution in [2.75, 3.05) is 17.7 Å². The Balaban J connectivity index is 1.95. The van der Waals surface area contributed by atoms with Crippen LogP contribution in [0.25, 0.3) is 11.0 Å². The van der Waals surface area contributed by atoms with Gasteiger partial charge < -0.3 is 20.9 Å². The summed E-state index contributed by atoms with van der Waals surface area (Å²) in [4.78, 5) is 6.80. The Kier molecular flexibility index (Phi) is 5.37. The van der Waals surface area contributed by atoms with Crippen LogP contribution in [0.2, 0.25) is 0 Å². The number of unbranched alkanes of at least 4 members (excludes halogenated alkanes) is 1. The van der Waals surface area contributed by atoms with Crippen LogP contribution < -0.4 is 16.4 Å². The van der Waals surface area contributed by atoms with Gasteiger partial charge in [0.15, 0.2) is 11.6 Å². The first-order valence-electron chi connectivity index (χ1n) is 9.01. The maximum Gasteiger partial charge on any atom is 0.177 e. The zero-order valence-electron chi connectivity index (χ0n) is 15.7. The van der Waals surface area contributed by atoms with Crippen LogP contribution in [0, 0.1) is 0 Å². The molecular weight excluding hydrogens is 326 g/mol. The highest BCUT2D eigenvalue weighted by Gasteiger charge is 2.19. The number of nitrogens with two attached hydrogens (primary N) is 2. The van der Waals surface area contributed by atoms with E-state index < -0.39 is 0 Å². The number of imidazole rings is 1. The van der Waals surface area contributed by atoms with Gasteiger partial charge in [-0.15, -0.1) is 10.2 Å². The number of fused-ring (bicyclic) bond motifs is 1. The Hall–Kier alpha value is -2.67. The average Bonchev–Trinajstić information content (AvgIpc) is 2.98. The molecule has 3 aromatic rings. The fourth-order valence-corrected chi connectivity index (χ4v) is 3.12. The molecule has 0 fully saturated rings. The highest BCUT2D eigenvalue weighted by Crippen LogP contribution is 2.28. The standard InChI is InChI=1S/C19H27N7/c1-4-5-6-15-22-16-17(26(15)3)19(24-23-18(16)21)25(2)12-14-9-7-13(11-20)8-10-14/h7-10H,4-6,11-12,20H2,1-3H3,(H2,21,23). The summed E-state index contributed by atoms with van der Waals surface area (Å²) in [5.41, 5.74) is 15.7. The summed E-state index contributed by atoms with van der Waals surface area (Å²) in [7, 11) is 4.03. The van der Waals surface area contributed by atoms with Crippen molar-refractivity contribution < 1.29 is 0 Å². The number of benzene rings is 1. The van der Waals surface area contributed by atoms with E-state index in [9.17, 15) is 0 Å². The molecule has 0 bridgehead atoms. The van der Waals surface area contributed by atoms with E-state index in [1.54, 1.807) is 0 Å². The maximum atomic E-state index is 6.04. The third-order valence-corrected chi connectivity index (χ3v) is 4.69. The SMILES string of the molecule is CCCCc1nc2c(N)nnc(N(C)Cc3ccc(CN)cc3)c2n1C. The van der Waals surface area contributed by atoms with E-state index in [1.165, 1.54) is 5.56 Å². The Bertz CT molecular complexity index is 883. The summed E-state index contributed by atoms with van der Waals surface area (Å²) >= 11 is 0. The quantitative estimate of drug-likeness (QED) is 0.676. The fourth-order valence-electron chi connectivity index (χ4n) is 3.12. The molecule has 4 N–H and O–H groups in total. The highest BCUT2D eigenvalue weighted by atomic mass is 15.3. The Morgan fingerprint density at radius 3 is 2.46 bits per heavy atom. The first-order chi connectivity index (χ1) is 12.5. The molecule has 0 aliphatic rings. The Morgan fingerprint density at radius 1 is 1.12 bits per heavy atom. The minimum Gasteiger partial charge on any atom is -0.380 e. The summed E-state index contributed by atoms with van der Waals surface area (Å²) in [6.45, 7) is 3.44. The van der Waals surface area contributed by atoms with E-state index in [4.69, 9.17) is 16.5 Å². The second kappa shape index (κ2) is 7.70. The number of hydrogen-bond acceptors (Lipinski definition) is 6. The molecule has 138 valence electrons. The first kappa shape index (κ1) is 18.1. The van der Waals surface area contributed by atoms with Crippen LogP contribution >= 0.6 is 0 Å². The maximum absolute atomic E-state index is 6.04. The molecular formula is C19H27N7. The van der Waals surface area contributed by atoms with E-state index in [0.29, 0.717) is 18.9 Å². The Labute approximate surface area is 154 Å². The summed E-state index contributed by atoms with van der Waals surface area (Å²) < 4.78 is 2.10. The lowest BCUT2D eigenvalue weighted by molar-refractivity contribution is 0.719. The van der Waals surface area contributed by atoms with Gasteiger partial charge in [0.05, 0.1) is 0 Å². The number of rotatable bonds is 7. The lowest BCUT2D eigenvalue weighted by Gasteiger charge is -2.19. The van der Waals surface area contributed by atoms with Crippen molar-refractivity contribution in [2.24, 2.45) is 12.8 Å². The lowest BCUT2D eigenvalue weighted by atomic mass is 10.1. The van der Waals surface area contributed by atoms with Gasteiger partial charge in [0.1, 0.15) is 16.9 Å². The van der Waals surface area contributed by atoms with Crippen molar-refractivity contribution in [1.29, 1.82) is 0 Å². The number of aromatic nitrogens is 4. The molecule has 0 unspecified atom stereocenters. The normalized spacial score (nSPS) is 11.2. The van der Waals surface area contributed by atoms with Gasteiger partial charge in [0.25, 0.3) is 0 Å². The molecule has 0 aliphatic carbocycles. The molecule has 2 aromatic heterocycles. The van der Waals surface area contributed by atoms with Gasteiger partial charge in [0.2, 0.25) is 0 Å². The number of aryl methyl sites for hydroxylation is 2. The molecule has 0 spiro atoms. The third-order valence-electron chi connectivity index (χ3n) is 4.69. The topological polar surface area (TPSA) is 98.9 Å². The van der Waals surface area contributed by atoms with Crippen LogP contribution in [0.4, 0.5) is 11.6 Å². The van der Waals surface area contributed by atoms with E-state index in [1.807, 2.05) is 14.1 Å². The van der Waals surface area contributed by atoms with Gasteiger partial charge in [0, 0.05) is 33.6 Å². The van der Waals surface area contributed by atoms with Crippen molar-refractivity contribution >= 4 is 22.7 Å². The number of hydrogen-bond donors (Lipinski definition) is 2. The van der Waals surface area contributed by atoms with Gasteiger partial charge in [-0.1, -0.05) is 37.6 Å². The predicted octanol–water partition coefficient (Wildman–Crippen LogP) is 2.38. The summed E-state index contributed by atoms with van der Waals surface area (Å²) in [6.07, 6.45) is 3.14. The number of nitrogens with zero attached hydrogens (tertiary/aromatic N) is 5. The van der Waals surface area contributed by atoms with Gasteiger partial charge >= 0.3 is 0 Å². The molecule has 0 aliphatic heterocycles. The molecule has 1 aromatic carbocycles. The van der Waals surface area contributed by atoms with Gasteiger partial charge in [-0.25, -0.2) is 4.98 Å². The molecule has 0 amide bonds. The van der Waals surface area contributed by atoms with Crippen molar-refractivity contribution in [2.45, 2.75) is 39.3 Å². The molecule has 0 atom stereocenters. The van der Waals surface area contributed by atoms with Gasteiger partial charge in [-0.2, -0.15) is 0 Å². The number of anilines is 2. The summed E-state index contributed by atoms with van der Waals surface area (Å²) in [5.74, 6) is 2.18. The van der Waals surface area contributed by atoms with Gasteiger partial charge in [-0.3, -0.25) is 0 Å². The van der Waals surface area contributed by atoms with Crippen LogP contribution in [0.15, 0.2) is 24.3 Å². The zero-order chi connectivity index (χ0) is 18.7. The monoisotopic (exact) mass is 353 g/mol. The van der Waals surface area contributed by atoms with Crippen molar-refractivity contribution in [1.82, 2.24) is 19.7 Å². The van der Waals surface area contributed by atoms with Crippen LogP contribution in [0.3, 0.4) is 0 Å². The molecule has 2 heterocycles. The molecule has 7 nitrogen and oxygen atoms in total. The smallest absolute Gasteiger partial charge is 0.177 e. The predicted molar refractivity (Wildman–Crippen MR) is 106 cm³/mol. The highest BCUT2D eigenvalue weighted by molar-refractivity contribution is 5.93. The van der Waals surface area contributed by atoms with Crippen LogP contribution in [-0.2, 0) is 26.6 Å². The number of nitrogen functional groups attached to an aromatic ring is 1. The minimum absolute atomic E-state index is 0.378. The summed E-state index contributed by atoms with van der Waals surface area (Å²) in [5, 5.41) is 8.49. The fraction of sp³-hybridized carbons (Fsp3) is 0.421. The molecule has 3 rings (SSSR count). The van der Waals surface area contributed by atoms with E-state index in [0.717, 1.165) is 47.5 Å². The molecule has 26 heavy (non-hydrogen) atoms. The third kappa shape index (κ3) is 3.48. The van der Waals surface area contributed by atoms with Crippen molar-refractivity contribution in [3.05, 3.63) is 41.2 Å². The molecule has 0 saturated carbocycles. The van der Waals surface area contributed by atoms with Crippen LogP contribution in [-0.4, -0.2) is 26.8 Å². The molecule has 0 radical (unpaired) electrons. The zero-order valence-corrected chi connectivity index (χ0v) is 15.7. The van der Waals surface area contributed by atoms with Gasteiger partial charge in [-0.05, 0) is 17.5 Å². The van der Waals surface area contributed by atoms with E-state index >= 15 is 0 Å². The molecule has 0 saturated heterocycles. The molecule has 7 heteroatoms. The largest absolute Gasteiger partial charge is 0.380 e. The summed E-state index contributed by atoms with van der Waals surface area (Å²) in [6, 6.07) is 8.30. The van der Waals surface area contributed by atoms with E-state index in [2.05, 4.69) is 50.9 Å². The first-order valence-corrected chi connectivity index (χ1v) is 9.01. The minimum atomic E-state index is 0.378. The van der Waals surface area contributed by atoms with Crippen LogP contribution in [0.1, 0.15) is 36.7 Å². The second-order valence-electron chi connectivity index (χ2n) is 6.67.